The second-order valence-electron chi connectivity index (χ2n) is 4.14. The fourth-order valence-electron chi connectivity index (χ4n) is 1.45. The van der Waals surface area contributed by atoms with Crippen molar-refractivity contribution < 1.29 is 14.7 Å². The summed E-state index contributed by atoms with van der Waals surface area (Å²) in [5.74, 6) is -0.973. The van der Waals surface area contributed by atoms with E-state index >= 15 is 0 Å². The van der Waals surface area contributed by atoms with Gasteiger partial charge in [0.15, 0.2) is 0 Å². The van der Waals surface area contributed by atoms with Crippen molar-refractivity contribution in [3.63, 3.8) is 0 Å². The first-order chi connectivity index (χ1) is 8.99. The summed E-state index contributed by atoms with van der Waals surface area (Å²) >= 11 is 3.34. The Kier molecular flexibility index (Phi) is 6.29. The van der Waals surface area contributed by atoms with Crippen molar-refractivity contribution >= 4 is 33.9 Å². The van der Waals surface area contributed by atoms with Gasteiger partial charge in [-0.3, -0.25) is 9.59 Å². The van der Waals surface area contributed by atoms with E-state index < -0.39 is 5.97 Å². The van der Waals surface area contributed by atoms with Crippen LogP contribution >= 0.6 is 15.9 Å². The van der Waals surface area contributed by atoms with Crippen molar-refractivity contribution in [1.29, 1.82) is 0 Å². The van der Waals surface area contributed by atoms with Gasteiger partial charge in [0, 0.05) is 30.6 Å². The van der Waals surface area contributed by atoms with Gasteiger partial charge in [0.05, 0.1) is 0 Å². The van der Waals surface area contributed by atoms with Crippen molar-refractivity contribution in [3.8, 4) is 0 Å². The first-order valence-corrected chi connectivity index (χ1v) is 6.69. The molecule has 5 heteroatoms. The van der Waals surface area contributed by atoms with E-state index in [0.29, 0.717) is 13.0 Å². The number of aliphatic carboxylic acids is 1. The number of rotatable bonds is 6. The number of hydrogen-bond donors (Lipinski definition) is 1. The lowest BCUT2D eigenvalue weighted by Gasteiger charge is -2.13. The van der Waals surface area contributed by atoms with Crippen molar-refractivity contribution in [2.75, 3.05) is 13.6 Å². The second-order valence-corrected chi connectivity index (χ2v) is 5.06. The number of carboxylic acid groups (broad SMARTS) is 1. The monoisotopic (exact) mass is 325 g/mol. The van der Waals surface area contributed by atoms with Gasteiger partial charge >= 0.3 is 5.97 Å². The van der Waals surface area contributed by atoms with Crippen LogP contribution in [0.1, 0.15) is 18.4 Å². The molecule has 0 spiro atoms. The number of amides is 1. The maximum atomic E-state index is 11.7. The van der Waals surface area contributed by atoms with Crippen LogP contribution in [0.2, 0.25) is 0 Å². The molecule has 0 bridgehead atoms. The van der Waals surface area contributed by atoms with E-state index in [2.05, 4.69) is 15.9 Å². The molecule has 0 saturated heterocycles. The molecule has 102 valence electrons. The zero-order valence-electron chi connectivity index (χ0n) is 10.7. The standard InChI is InChI=1S/C14H16BrNO3/c1-16(10-2-3-14(18)19)13(17)9-6-11-4-7-12(15)8-5-11/h4-9H,2-3,10H2,1H3,(H,18,19)/b9-6+. The number of halogens is 1. The fourth-order valence-corrected chi connectivity index (χ4v) is 1.71. The van der Waals surface area contributed by atoms with E-state index in [1.165, 1.54) is 11.0 Å². The summed E-state index contributed by atoms with van der Waals surface area (Å²) in [6.45, 7) is 0.440. The zero-order chi connectivity index (χ0) is 14.3. The molecule has 0 aliphatic heterocycles. The number of benzene rings is 1. The highest BCUT2D eigenvalue weighted by Crippen LogP contribution is 2.11. The molecule has 1 amide bonds. The smallest absolute Gasteiger partial charge is 0.303 e. The van der Waals surface area contributed by atoms with Gasteiger partial charge in [-0.2, -0.15) is 0 Å². The molecule has 19 heavy (non-hydrogen) atoms. The average molecular weight is 326 g/mol. The van der Waals surface area contributed by atoms with Gasteiger partial charge in [0.25, 0.3) is 0 Å². The number of carboxylic acids is 1. The van der Waals surface area contributed by atoms with Gasteiger partial charge in [-0.15, -0.1) is 0 Å². The molecule has 0 aliphatic carbocycles. The first kappa shape index (κ1) is 15.4. The molecule has 0 aliphatic rings. The average Bonchev–Trinajstić information content (AvgIpc) is 2.37. The van der Waals surface area contributed by atoms with Crippen molar-refractivity contribution in [2.24, 2.45) is 0 Å². The third-order valence-electron chi connectivity index (χ3n) is 2.55. The maximum Gasteiger partial charge on any atom is 0.303 e. The Hall–Kier alpha value is -1.62. The van der Waals surface area contributed by atoms with Crippen LogP contribution in [0.5, 0.6) is 0 Å². The molecule has 1 N–H and O–H groups in total. The minimum Gasteiger partial charge on any atom is -0.481 e. The lowest BCUT2D eigenvalue weighted by molar-refractivity contribution is -0.137. The van der Waals surface area contributed by atoms with E-state index in [0.717, 1.165) is 10.0 Å². The van der Waals surface area contributed by atoms with Crippen molar-refractivity contribution in [2.45, 2.75) is 12.8 Å². The molecule has 0 heterocycles. The number of hydrogen-bond acceptors (Lipinski definition) is 2. The van der Waals surface area contributed by atoms with Gasteiger partial charge in [-0.25, -0.2) is 0 Å². The van der Waals surface area contributed by atoms with Crippen LogP contribution in [-0.4, -0.2) is 35.5 Å². The van der Waals surface area contributed by atoms with Gasteiger partial charge < -0.3 is 10.0 Å². The number of carbonyl (C=O) groups is 2. The third kappa shape index (κ3) is 6.20. The van der Waals surface area contributed by atoms with E-state index in [1.807, 2.05) is 24.3 Å². The van der Waals surface area contributed by atoms with Crippen molar-refractivity contribution in [1.82, 2.24) is 4.90 Å². The second kappa shape index (κ2) is 7.74. The molecule has 0 saturated carbocycles. The molecule has 1 aromatic rings. The number of likely N-dealkylation sites (N-methyl/N-ethyl adjacent to an activating group) is 1. The van der Waals surface area contributed by atoms with Gasteiger partial charge in [-0.05, 0) is 30.2 Å². The van der Waals surface area contributed by atoms with E-state index in [4.69, 9.17) is 5.11 Å². The Morgan fingerprint density at radius 2 is 1.95 bits per heavy atom. The van der Waals surface area contributed by atoms with Gasteiger partial charge in [0.2, 0.25) is 5.91 Å². The fraction of sp³-hybridized carbons (Fsp3) is 0.286. The minimum absolute atomic E-state index is 0.0774. The Balaban J connectivity index is 2.44. The Morgan fingerprint density at radius 1 is 1.32 bits per heavy atom. The molecular weight excluding hydrogens is 310 g/mol. The molecule has 0 atom stereocenters. The number of carbonyl (C=O) groups excluding carboxylic acids is 1. The molecule has 4 nitrogen and oxygen atoms in total. The van der Waals surface area contributed by atoms with Gasteiger partial charge in [-0.1, -0.05) is 28.1 Å². The normalized spacial score (nSPS) is 10.6. The van der Waals surface area contributed by atoms with E-state index in [1.54, 1.807) is 13.1 Å². The topological polar surface area (TPSA) is 57.6 Å². The molecular formula is C14H16BrNO3. The van der Waals surface area contributed by atoms with Crippen molar-refractivity contribution in [3.05, 3.63) is 40.4 Å². The Labute approximate surface area is 120 Å². The summed E-state index contributed by atoms with van der Waals surface area (Å²) in [4.78, 5) is 23.6. The Morgan fingerprint density at radius 3 is 2.53 bits per heavy atom. The first-order valence-electron chi connectivity index (χ1n) is 5.89. The predicted molar refractivity (Wildman–Crippen MR) is 77.7 cm³/mol. The summed E-state index contributed by atoms with van der Waals surface area (Å²) in [7, 11) is 1.66. The largest absolute Gasteiger partial charge is 0.481 e. The minimum atomic E-state index is -0.841. The lowest BCUT2D eigenvalue weighted by atomic mass is 10.2. The van der Waals surface area contributed by atoms with Crippen LogP contribution in [0.4, 0.5) is 0 Å². The summed E-state index contributed by atoms with van der Waals surface area (Å²) in [5, 5.41) is 8.52. The molecule has 1 rings (SSSR count). The molecule has 0 aromatic heterocycles. The van der Waals surface area contributed by atoms with E-state index in [-0.39, 0.29) is 12.3 Å². The molecule has 0 fully saturated rings. The zero-order valence-corrected chi connectivity index (χ0v) is 12.3. The maximum absolute atomic E-state index is 11.7. The van der Waals surface area contributed by atoms with Crippen LogP contribution in [0.25, 0.3) is 6.08 Å². The quantitative estimate of drug-likeness (QED) is 0.818. The van der Waals surface area contributed by atoms with Crippen LogP contribution < -0.4 is 0 Å². The molecule has 1 aromatic carbocycles. The third-order valence-corrected chi connectivity index (χ3v) is 3.08. The highest BCUT2D eigenvalue weighted by Gasteiger charge is 2.05. The highest BCUT2D eigenvalue weighted by atomic mass is 79.9. The number of nitrogens with zero attached hydrogens (tertiary/aromatic N) is 1. The van der Waals surface area contributed by atoms with Crippen LogP contribution in [-0.2, 0) is 9.59 Å². The Bertz CT molecular complexity index is 468. The van der Waals surface area contributed by atoms with Crippen LogP contribution in [0.15, 0.2) is 34.8 Å². The summed E-state index contributed by atoms with van der Waals surface area (Å²) in [5.41, 5.74) is 0.940. The summed E-state index contributed by atoms with van der Waals surface area (Å²) < 4.78 is 0.988. The molecule has 0 radical (unpaired) electrons. The van der Waals surface area contributed by atoms with E-state index in [9.17, 15) is 9.59 Å². The summed E-state index contributed by atoms with van der Waals surface area (Å²) in [6, 6.07) is 7.61. The van der Waals surface area contributed by atoms with Crippen LogP contribution in [0, 0.1) is 0 Å². The SMILES string of the molecule is CN(CCCC(=O)O)C(=O)/C=C/c1ccc(Br)cc1. The summed E-state index contributed by atoms with van der Waals surface area (Å²) in [6.07, 6.45) is 3.77. The predicted octanol–water partition coefficient (Wildman–Crippen LogP) is 2.79. The van der Waals surface area contributed by atoms with Gasteiger partial charge in [0.1, 0.15) is 0 Å². The highest BCUT2D eigenvalue weighted by molar-refractivity contribution is 9.10. The van der Waals surface area contributed by atoms with Crippen LogP contribution in [0.3, 0.4) is 0 Å². The lowest BCUT2D eigenvalue weighted by Crippen LogP contribution is -2.26. The molecule has 0 unspecified atom stereocenters.